The van der Waals surface area contributed by atoms with Crippen molar-refractivity contribution in [3.05, 3.63) is 39.2 Å². The first-order valence-electron chi connectivity index (χ1n) is 5.76. The van der Waals surface area contributed by atoms with Crippen molar-refractivity contribution >= 4 is 28.8 Å². The van der Waals surface area contributed by atoms with Crippen molar-refractivity contribution in [1.29, 1.82) is 0 Å². The Hall–Kier alpha value is -2.08. The Bertz CT molecular complexity index is 603. The molecule has 5 nitrogen and oxygen atoms in total. The number of rotatable bonds is 4. The SMILES string of the molecule is Cc1cc(CNc2cnc(N)cc2C(=O)O)sc1C. The molecular weight excluding hydrogens is 262 g/mol. The fourth-order valence-corrected chi connectivity index (χ4v) is 2.70. The van der Waals surface area contributed by atoms with Crippen LogP contribution in [0.25, 0.3) is 0 Å². The number of hydrogen-bond acceptors (Lipinski definition) is 5. The third kappa shape index (κ3) is 3.03. The monoisotopic (exact) mass is 277 g/mol. The summed E-state index contributed by atoms with van der Waals surface area (Å²) in [5.74, 6) is -0.819. The lowest BCUT2D eigenvalue weighted by Crippen LogP contribution is -2.07. The van der Waals surface area contributed by atoms with E-state index in [1.54, 1.807) is 11.3 Å². The zero-order valence-corrected chi connectivity index (χ0v) is 11.5. The van der Waals surface area contributed by atoms with E-state index < -0.39 is 5.97 Å². The second-order valence-electron chi connectivity index (χ2n) is 4.27. The number of aromatic nitrogens is 1. The topological polar surface area (TPSA) is 88.2 Å². The summed E-state index contributed by atoms with van der Waals surface area (Å²) >= 11 is 1.70. The van der Waals surface area contributed by atoms with Gasteiger partial charge in [0, 0.05) is 16.3 Å². The van der Waals surface area contributed by atoms with E-state index in [2.05, 4.69) is 30.2 Å². The summed E-state index contributed by atoms with van der Waals surface area (Å²) in [4.78, 5) is 17.5. The van der Waals surface area contributed by atoms with E-state index in [4.69, 9.17) is 10.8 Å². The summed E-state index contributed by atoms with van der Waals surface area (Å²) in [6.07, 6.45) is 1.45. The Morgan fingerprint density at radius 1 is 1.47 bits per heavy atom. The van der Waals surface area contributed by atoms with E-state index in [0.29, 0.717) is 12.2 Å². The number of carbonyl (C=O) groups is 1. The molecule has 0 spiro atoms. The van der Waals surface area contributed by atoms with Crippen molar-refractivity contribution in [2.45, 2.75) is 20.4 Å². The van der Waals surface area contributed by atoms with E-state index in [1.807, 2.05) is 0 Å². The van der Waals surface area contributed by atoms with Gasteiger partial charge in [0.05, 0.1) is 17.4 Å². The van der Waals surface area contributed by atoms with E-state index in [1.165, 1.54) is 22.7 Å². The molecule has 0 saturated heterocycles. The standard InChI is InChI=1S/C13H15N3O2S/c1-7-3-9(19-8(7)2)5-15-11-6-16-12(14)4-10(11)13(17)18/h3-4,6,15H,5H2,1-2H3,(H2,14,16)(H,17,18). The van der Waals surface area contributed by atoms with Crippen molar-refractivity contribution in [3.63, 3.8) is 0 Å². The molecule has 0 radical (unpaired) electrons. The Morgan fingerprint density at radius 2 is 2.21 bits per heavy atom. The summed E-state index contributed by atoms with van der Waals surface area (Å²) in [7, 11) is 0. The highest BCUT2D eigenvalue weighted by molar-refractivity contribution is 7.12. The van der Waals surface area contributed by atoms with E-state index in [0.717, 1.165) is 4.88 Å². The van der Waals surface area contributed by atoms with E-state index >= 15 is 0 Å². The molecule has 2 aromatic heterocycles. The number of anilines is 2. The molecule has 0 saturated carbocycles. The highest BCUT2D eigenvalue weighted by Gasteiger charge is 2.11. The molecule has 2 aromatic rings. The lowest BCUT2D eigenvalue weighted by atomic mass is 10.2. The predicted molar refractivity (Wildman–Crippen MR) is 76.7 cm³/mol. The van der Waals surface area contributed by atoms with Gasteiger partial charge in [0.25, 0.3) is 0 Å². The molecule has 2 heterocycles. The van der Waals surface area contributed by atoms with Crippen LogP contribution in [0.5, 0.6) is 0 Å². The van der Waals surface area contributed by atoms with Gasteiger partial charge in [0.1, 0.15) is 5.82 Å². The Morgan fingerprint density at radius 3 is 2.79 bits per heavy atom. The zero-order chi connectivity index (χ0) is 14.0. The normalized spacial score (nSPS) is 10.4. The van der Waals surface area contributed by atoms with Crippen molar-refractivity contribution in [2.75, 3.05) is 11.1 Å². The number of nitrogens with one attached hydrogen (secondary N) is 1. The summed E-state index contributed by atoms with van der Waals surface area (Å²) in [5, 5.41) is 12.2. The van der Waals surface area contributed by atoms with Crippen molar-refractivity contribution in [3.8, 4) is 0 Å². The molecule has 0 aliphatic carbocycles. The second kappa shape index (κ2) is 5.27. The molecule has 0 atom stereocenters. The smallest absolute Gasteiger partial charge is 0.337 e. The van der Waals surface area contributed by atoms with Crippen LogP contribution in [-0.2, 0) is 6.54 Å². The van der Waals surface area contributed by atoms with Crippen LogP contribution in [0, 0.1) is 13.8 Å². The van der Waals surface area contributed by atoms with Crippen molar-refractivity contribution < 1.29 is 9.90 Å². The van der Waals surface area contributed by atoms with Gasteiger partial charge in [0.15, 0.2) is 0 Å². The minimum Gasteiger partial charge on any atom is -0.478 e. The number of aryl methyl sites for hydroxylation is 2. The Labute approximate surface area is 115 Å². The fourth-order valence-electron chi connectivity index (χ4n) is 1.71. The molecule has 0 amide bonds. The van der Waals surface area contributed by atoms with Crippen LogP contribution in [0.4, 0.5) is 11.5 Å². The van der Waals surface area contributed by atoms with Crippen LogP contribution >= 0.6 is 11.3 Å². The van der Waals surface area contributed by atoms with Gasteiger partial charge >= 0.3 is 5.97 Å². The number of pyridine rings is 1. The van der Waals surface area contributed by atoms with Gasteiger partial charge in [-0.15, -0.1) is 11.3 Å². The highest BCUT2D eigenvalue weighted by Crippen LogP contribution is 2.23. The number of nitrogen functional groups attached to an aromatic ring is 1. The van der Waals surface area contributed by atoms with Gasteiger partial charge < -0.3 is 16.2 Å². The van der Waals surface area contributed by atoms with E-state index in [-0.39, 0.29) is 11.4 Å². The lowest BCUT2D eigenvalue weighted by Gasteiger charge is -2.08. The first kappa shape index (κ1) is 13.4. The van der Waals surface area contributed by atoms with Crippen LogP contribution in [-0.4, -0.2) is 16.1 Å². The maximum atomic E-state index is 11.1. The molecule has 4 N–H and O–H groups in total. The van der Waals surface area contributed by atoms with Gasteiger partial charge in [0.2, 0.25) is 0 Å². The number of thiophene rings is 1. The molecule has 2 rings (SSSR count). The maximum absolute atomic E-state index is 11.1. The van der Waals surface area contributed by atoms with Crippen molar-refractivity contribution in [2.24, 2.45) is 0 Å². The number of hydrogen-bond donors (Lipinski definition) is 3. The van der Waals surface area contributed by atoms with Gasteiger partial charge in [-0.3, -0.25) is 0 Å². The van der Waals surface area contributed by atoms with Crippen LogP contribution < -0.4 is 11.1 Å². The Balaban J connectivity index is 2.17. The molecule has 6 heteroatoms. The first-order chi connectivity index (χ1) is 8.97. The van der Waals surface area contributed by atoms with Crippen LogP contribution in [0.1, 0.15) is 25.7 Å². The molecule has 0 aliphatic rings. The first-order valence-corrected chi connectivity index (χ1v) is 6.57. The predicted octanol–water partition coefficient (Wildman–Crippen LogP) is 2.65. The molecule has 0 bridgehead atoms. The molecular formula is C13H15N3O2S. The largest absolute Gasteiger partial charge is 0.478 e. The van der Waals surface area contributed by atoms with Gasteiger partial charge in [-0.2, -0.15) is 0 Å². The van der Waals surface area contributed by atoms with Crippen LogP contribution in [0.3, 0.4) is 0 Å². The highest BCUT2D eigenvalue weighted by atomic mass is 32.1. The number of carboxylic acid groups (broad SMARTS) is 1. The maximum Gasteiger partial charge on any atom is 0.337 e. The number of aromatic carboxylic acids is 1. The van der Waals surface area contributed by atoms with Crippen LogP contribution in [0.15, 0.2) is 18.3 Å². The molecule has 0 unspecified atom stereocenters. The second-order valence-corrected chi connectivity index (χ2v) is 5.61. The van der Waals surface area contributed by atoms with Gasteiger partial charge in [-0.25, -0.2) is 9.78 Å². The molecule has 0 aliphatic heterocycles. The average Bonchev–Trinajstić information content (AvgIpc) is 2.67. The summed E-state index contributed by atoms with van der Waals surface area (Å²) in [5.41, 5.74) is 7.36. The summed E-state index contributed by atoms with van der Waals surface area (Å²) in [6, 6.07) is 3.45. The fraction of sp³-hybridized carbons (Fsp3) is 0.231. The summed E-state index contributed by atoms with van der Waals surface area (Å²) in [6.45, 7) is 4.70. The Kier molecular flexibility index (Phi) is 3.71. The third-order valence-electron chi connectivity index (χ3n) is 2.83. The zero-order valence-electron chi connectivity index (χ0n) is 10.7. The summed E-state index contributed by atoms with van der Waals surface area (Å²) < 4.78 is 0. The lowest BCUT2D eigenvalue weighted by molar-refractivity contribution is 0.0698. The molecule has 0 aromatic carbocycles. The minimum absolute atomic E-state index is 0.137. The number of nitrogens with zero attached hydrogens (tertiary/aromatic N) is 1. The molecule has 19 heavy (non-hydrogen) atoms. The number of carboxylic acids is 1. The van der Waals surface area contributed by atoms with Crippen LogP contribution in [0.2, 0.25) is 0 Å². The third-order valence-corrected chi connectivity index (χ3v) is 3.98. The molecule has 100 valence electrons. The molecule has 0 fully saturated rings. The number of nitrogens with two attached hydrogens (primary N) is 1. The average molecular weight is 277 g/mol. The quantitative estimate of drug-likeness (QED) is 0.799. The van der Waals surface area contributed by atoms with Gasteiger partial charge in [-0.05, 0) is 31.5 Å². The van der Waals surface area contributed by atoms with Crippen molar-refractivity contribution in [1.82, 2.24) is 4.98 Å². The minimum atomic E-state index is -1.02. The van der Waals surface area contributed by atoms with E-state index in [9.17, 15) is 4.79 Å². The van der Waals surface area contributed by atoms with Gasteiger partial charge in [-0.1, -0.05) is 0 Å².